The van der Waals surface area contributed by atoms with Gasteiger partial charge >= 0.3 is 0 Å². The molecule has 1 aliphatic carbocycles. The molecule has 1 fully saturated rings. The number of aromatic nitrogens is 3. The number of rotatable bonds is 7. The Hall–Kier alpha value is -3.59. The zero-order chi connectivity index (χ0) is 21.2. The predicted molar refractivity (Wildman–Crippen MR) is 119 cm³/mol. The van der Waals surface area contributed by atoms with E-state index in [1.165, 1.54) is 18.4 Å². The Morgan fingerprint density at radius 3 is 2.84 bits per heavy atom. The molecule has 4 heterocycles. The number of carbonyl (C=O) groups excluding carboxylic acids is 1. The summed E-state index contributed by atoms with van der Waals surface area (Å²) in [6.45, 7) is 2.98. The van der Waals surface area contributed by atoms with Gasteiger partial charge in [0.2, 0.25) is 0 Å². The molecule has 0 radical (unpaired) electrons. The molecule has 9 heteroatoms. The first kappa shape index (κ1) is 19.4. The van der Waals surface area contributed by atoms with Gasteiger partial charge in [0.25, 0.3) is 5.91 Å². The van der Waals surface area contributed by atoms with Gasteiger partial charge in [-0.25, -0.2) is 15.4 Å². The van der Waals surface area contributed by atoms with Crippen LogP contribution in [0.3, 0.4) is 0 Å². The van der Waals surface area contributed by atoms with Crippen molar-refractivity contribution >= 4 is 23.9 Å². The molecule has 158 valence electrons. The van der Waals surface area contributed by atoms with Gasteiger partial charge in [-0.2, -0.15) is 5.10 Å². The number of carbonyl (C=O) groups is 1. The van der Waals surface area contributed by atoms with Crippen LogP contribution >= 0.6 is 0 Å². The molecule has 1 amide bonds. The predicted octanol–water partition coefficient (Wildman–Crippen LogP) is 1.66. The Morgan fingerprint density at radius 2 is 2.10 bits per heavy atom. The summed E-state index contributed by atoms with van der Waals surface area (Å²) in [4.78, 5) is 29.1. The average molecular weight is 416 g/mol. The topological polar surface area (TPSA) is 119 Å². The van der Waals surface area contributed by atoms with Crippen molar-refractivity contribution in [3.05, 3.63) is 53.5 Å². The quantitative estimate of drug-likeness (QED) is 0.547. The first-order valence-electron chi connectivity index (χ1n) is 10.5. The van der Waals surface area contributed by atoms with Crippen molar-refractivity contribution < 1.29 is 4.79 Å². The summed E-state index contributed by atoms with van der Waals surface area (Å²) in [5.41, 5.74) is 7.95. The second kappa shape index (κ2) is 8.27. The van der Waals surface area contributed by atoms with Gasteiger partial charge in [-0.1, -0.05) is 0 Å². The fourth-order valence-corrected chi connectivity index (χ4v) is 3.89. The van der Waals surface area contributed by atoms with Crippen LogP contribution in [-0.2, 0) is 11.2 Å². The molecule has 2 aromatic heterocycles. The van der Waals surface area contributed by atoms with E-state index in [9.17, 15) is 4.79 Å². The standard InChI is InChI=1S/C22H24N8O/c1-13-15(5-8-23-14-3-4-14)19(21-26-6-2-7-27-21)17(29-13)11-18-20(25-10-9-24-18)16-12-28-30-22(16)31/h2,6-7,9-12,14,16,23-24,29H,3-5,8H2,1H3,(H,30,31). The molecule has 0 bridgehead atoms. The zero-order valence-corrected chi connectivity index (χ0v) is 17.2. The second-order valence-electron chi connectivity index (χ2n) is 7.83. The Bertz CT molecular complexity index is 1110. The van der Waals surface area contributed by atoms with Crippen molar-refractivity contribution in [2.45, 2.75) is 32.2 Å². The maximum Gasteiger partial charge on any atom is 0.254 e. The van der Waals surface area contributed by atoms with E-state index >= 15 is 0 Å². The van der Waals surface area contributed by atoms with Crippen LogP contribution < -0.4 is 16.1 Å². The fourth-order valence-electron chi connectivity index (χ4n) is 3.89. The number of aryl methyl sites for hydroxylation is 1. The molecule has 9 nitrogen and oxygen atoms in total. The summed E-state index contributed by atoms with van der Waals surface area (Å²) in [5, 5.41) is 10.7. The van der Waals surface area contributed by atoms with E-state index in [1.54, 1.807) is 31.0 Å². The maximum atomic E-state index is 12.2. The van der Waals surface area contributed by atoms with E-state index in [0.29, 0.717) is 17.6 Å². The Labute approximate surface area is 179 Å². The molecule has 2 aliphatic heterocycles. The summed E-state index contributed by atoms with van der Waals surface area (Å²) in [7, 11) is 0. The summed E-state index contributed by atoms with van der Waals surface area (Å²) in [5.74, 6) is -0.0496. The van der Waals surface area contributed by atoms with Gasteiger partial charge in [0.1, 0.15) is 5.92 Å². The molecule has 31 heavy (non-hydrogen) atoms. The van der Waals surface area contributed by atoms with Crippen molar-refractivity contribution in [1.82, 2.24) is 31.0 Å². The smallest absolute Gasteiger partial charge is 0.254 e. The van der Waals surface area contributed by atoms with Crippen LogP contribution in [0, 0.1) is 12.8 Å². The lowest BCUT2D eigenvalue weighted by molar-refractivity contribution is -0.120. The van der Waals surface area contributed by atoms with Crippen LogP contribution in [-0.4, -0.2) is 45.4 Å². The van der Waals surface area contributed by atoms with Gasteiger partial charge in [-0.05, 0) is 50.4 Å². The SMILES string of the molecule is Cc1[nH]c(C=C2NC=CN=C2C2C=NNC2=O)c(-c2ncccn2)c1CCNC1CC1. The third-order valence-electron chi connectivity index (χ3n) is 5.59. The Morgan fingerprint density at radius 1 is 1.26 bits per heavy atom. The average Bonchev–Trinajstić information content (AvgIpc) is 3.43. The lowest BCUT2D eigenvalue weighted by Crippen LogP contribution is -2.32. The minimum absolute atomic E-state index is 0.192. The maximum absolute atomic E-state index is 12.2. The van der Waals surface area contributed by atoms with Crippen LogP contribution in [0.25, 0.3) is 17.5 Å². The molecule has 2 aromatic rings. The number of amides is 1. The molecule has 1 atom stereocenters. The molecular weight excluding hydrogens is 392 g/mol. The molecule has 3 aliphatic rings. The summed E-state index contributed by atoms with van der Waals surface area (Å²) in [6, 6.07) is 2.47. The van der Waals surface area contributed by atoms with E-state index in [0.717, 1.165) is 35.6 Å². The van der Waals surface area contributed by atoms with E-state index in [-0.39, 0.29) is 5.91 Å². The van der Waals surface area contributed by atoms with Crippen LogP contribution in [0.5, 0.6) is 0 Å². The van der Waals surface area contributed by atoms with Crippen molar-refractivity contribution in [2.24, 2.45) is 16.0 Å². The number of hydrazone groups is 1. The van der Waals surface area contributed by atoms with Gasteiger partial charge in [-0.3, -0.25) is 9.79 Å². The number of nitrogens with zero attached hydrogens (tertiary/aromatic N) is 4. The lowest BCUT2D eigenvalue weighted by Gasteiger charge is -2.16. The van der Waals surface area contributed by atoms with Crippen LogP contribution in [0.2, 0.25) is 0 Å². The number of aromatic amines is 1. The number of aliphatic imine (C=N–C) groups is 1. The molecular formula is C22H24N8O. The zero-order valence-electron chi connectivity index (χ0n) is 17.2. The minimum Gasteiger partial charge on any atom is -0.359 e. The molecule has 0 spiro atoms. The second-order valence-corrected chi connectivity index (χ2v) is 7.83. The Kier molecular flexibility index (Phi) is 5.17. The van der Waals surface area contributed by atoms with Gasteiger partial charge in [-0.15, -0.1) is 0 Å². The third-order valence-corrected chi connectivity index (χ3v) is 5.59. The van der Waals surface area contributed by atoms with E-state index < -0.39 is 5.92 Å². The summed E-state index contributed by atoms with van der Waals surface area (Å²) >= 11 is 0. The molecule has 1 unspecified atom stereocenters. The number of hydrogen-bond acceptors (Lipinski definition) is 7. The number of allylic oxidation sites excluding steroid dienone is 1. The van der Waals surface area contributed by atoms with Crippen LogP contribution in [0.4, 0.5) is 0 Å². The number of hydrogen-bond donors (Lipinski definition) is 4. The molecule has 4 N–H and O–H groups in total. The minimum atomic E-state index is -0.529. The largest absolute Gasteiger partial charge is 0.359 e. The van der Waals surface area contributed by atoms with E-state index in [2.05, 4.69) is 48.0 Å². The fraction of sp³-hybridized carbons (Fsp3) is 0.318. The molecule has 5 rings (SSSR count). The molecule has 0 aromatic carbocycles. The van der Waals surface area contributed by atoms with Crippen LogP contribution in [0.1, 0.15) is 29.8 Å². The Balaban J connectivity index is 1.53. The highest BCUT2D eigenvalue weighted by molar-refractivity contribution is 6.24. The van der Waals surface area contributed by atoms with E-state index in [4.69, 9.17) is 0 Å². The molecule has 1 saturated carbocycles. The first-order valence-corrected chi connectivity index (χ1v) is 10.5. The third kappa shape index (κ3) is 4.04. The molecule has 0 saturated heterocycles. The van der Waals surface area contributed by atoms with Crippen molar-refractivity contribution in [3.63, 3.8) is 0 Å². The van der Waals surface area contributed by atoms with Crippen molar-refractivity contribution in [2.75, 3.05) is 6.54 Å². The number of H-pyrrole nitrogens is 1. The highest BCUT2D eigenvalue weighted by atomic mass is 16.2. The van der Waals surface area contributed by atoms with Crippen molar-refractivity contribution in [3.8, 4) is 11.4 Å². The van der Waals surface area contributed by atoms with E-state index in [1.807, 2.05) is 12.1 Å². The van der Waals surface area contributed by atoms with Gasteiger partial charge < -0.3 is 15.6 Å². The summed E-state index contributed by atoms with van der Waals surface area (Å²) in [6.07, 6.45) is 13.8. The number of nitrogens with one attached hydrogen (secondary N) is 4. The summed E-state index contributed by atoms with van der Waals surface area (Å²) < 4.78 is 0. The highest BCUT2D eigenvalue weighted by Crippen LogP contribution is 2.30. The highest BCUT2D eigenvalue weighted by Gasteiger charge is 2.30. The lowest BCUT2D eigenvalue weighted by atomic mass is 9.98. The van der Waals surface area contributed by atoms with Crippen molar-refractivity contribution in [1.29, 1.82) is 0 Å². The van der Waals surface area contributed by atoms with Gasteiger partial charge in [0, 0.05) is 48.3 Å². The van der Waals surface area contributed by atoms with Gasteiger partial charge in [0.05, 0.1) is 17.1 Å². The monoisotopic (exact) mass is 416 g/mol. The first-order chi connectivity index (χ1) is 15.2. The van der Waals surface area contributed by atoms with Gasteiger partial charge in [0.15, 0.2) is 5.82 Å². The van der Waals surface area contributed by atoms with Crippen LogP contribution in [0.15, 0.2) is 46.7 Å². The normalized spacial score (nSPS) is 21.3.